The summed E-state index contributed by atoms with van der Waals surface area (Å²) in [4.78, 5) is 4.90. The van der Waals surface area contributed by atoms with Gasteiger partial charge in [0.1, 0.15) is 0 Å². The molecule has 1 aliphatic rings. The molecule has 0 saturated heterocycles. The van der Waals surface area contributed by atoms with Crippen LogP contribution in [0.1, 0.15) is 32.3 Å². The summed E-state index contributed by atoms with van der Waals surface area (Å²) < 4.78 is 2.84. The minimum atomic E-state index is 0.887. The lowest BCUT2D eigenvalue weighted by Gasteiger charge is -2.20. The third-order valence-corrected chi connectivity index (χ3v) is 5.23. The summed E-state index contributed by atoms with van der Waals surface area (Å²) in [5.74, 6) is 0. The molecule has 138 valence electrons. The average Bonchev–Trinajstić information content (AvgIpc) is 3.23. The summed E-state index contributed by atoms with van der Waals surface area (Å²) in [6.45, 7) is 8.15. The molecule has 27 heavy (non-hydrogen) atoms. The largest absolute Gasteiger partial charge is 0.257 e. The van der Waals surface area contributed by atoms with E-state index in [0.29, 0.717) is 0 Å². The SMILES string of the molecule is C=C/C(Br)=C\C=C1/CC(C)=C(Cc2ccc(-n3cccn3)cc2)C(CC)=N1. The van der Waals surface area contributed by atoms with Crippen molar-refractivity contribution in [2.24, 2.45) is 4.99 Å². The number of aromatic nitrogens is 2. The van der Waals surface area contributed by atoms with Gasteiger partial charge < -0.3 is 0 Å². The first-order chi connectivity index (χ1) is 13.1. The van der Waals surface area contributed by atoms with Crippen molar-refractivity contribution in [2.45, 2.75) is 33.1 Å². The summed E-state index contributed by atoms with van der Waals surface area (Å²) in [7, 11) is 0. The first kappa shape index (κ1) is 19.3. The lowest BCUT2D eigenvalue weighted by atomic mass is 9.90. The topological polar surface area (TPSA) is 30.2 Å². The summed E-state index contributed by atoms with van der Waals surface area (Å²) in [6.07, 6.45) is 12.3. The zero-order valence-electron chi connectivity index (χ0n) is 15.8. The number of dihydropyridines is 1. The molecule has 0 bridgehead atoms. The third kappa shape index (κ3) is 4.83. The summed E-state index contributed by atoms with van der Waals surface area (Å²) >= 11 is 3.46. The molecule has 0 radical (unpaired) electrons. The molecule has 0 amide bonds. The Morgan fingerprint density at radius 1 is 1.30 bits per heavy atom. The standard InChI is InChI=1S/C23H24BrN3/c1-4-19(24)9-10-20-15-17(3)22(23(5-2)26-20)16-18-7-11-21(12-8-18)27-14-6-13-25-27/h4,6-14H,1,5,15-16H2,2-3H3/b19-9+,20-10+. The summed E-state index contributed by atoms with van der Waals surface area (Å²) in [5, 5.41) is 4.28. The van der Waals surface area contributed by atoms with E-state index >= 15 is 0 Å². The zero-order chi connectivity index (χ0) is 19.2. The van der Waals surface area contributed by atoms with Crippen molar-refractivity contribution >= 4 is 21.6 Å². The van der Waals surface area contributed by atoms with Crippen LogP contribution in [0.3, 0.4) is 0 Å². The van der Waals surface area contributed by atoms with E-state index < -0.39 is 0 Å². The van der Waals surface area contributed by atoms with Crippen LogP contribution in [0, 0.1) is 0 Å². The van der Waals surface area contributed by atoms with E-state index in [9.17, 15) is 0 Å². The Morgan fingerprint density at radius 3 is 2.70 bits per heavy atom. The smallest absolute Gasteiger partial charge is 0.0645 e. The molecule has 1 aromatic carbocycles. The number of aliphatic imine (C=N–C) groups is 1. The van der Waals surface area contributed by atoms with Gasteiger partial charge in [-0.15, -0.1) is 0 Å². The highest BCUT2D eigenvalue weighted by Gasteiger charge is 2.16. The molecular formula is C23H24BrN3. The molecule has 3 nitrogen and oxygen atoms in total. The Labute approximate surface area is 169 Å². The Kier molecular flexibility index (Phi) is 6.40. The van der Waals surface area contributed by atoms with E-state index in [1.54, 1.807) is 12.3 Å². The van der Waals surface area contributed by atoms with Crippen LogP contribution in [0.25, 0.3) is 5.69 Å². The molecule has 0 fully saturated rings. The molecule has 1 aromatic heterocycles. The van der Waals surface area contributed by atoms with E-state index in [4.69, 9.17) is 4.99 Å². The van der Waals surface area contributed by atoms with Crippen LogP contribution in [0.4, 0.5) is 0 Å². The van der Waals surface area contributed by atoms with Crippen molar-refractivity contribution in [3.05, 3.63) is 94.4 Å². The van der Waals surface area contributed by atoms with Crippen molar-refractivity contribution in [1.29, 1.82) is 0 Å². The number of hydrogen-bond donors (Lipinski definition) is 0. The average molecular weight is 422 g/mol. The number of rotatable bonds is 6. The highest BCUT2D eigenvalue weighted by Crippen LogP contribution is 2.28. The minimum absolute atomic E-state index is 0.887. The number of allylic oxidation sites excluding steroid dienone is 6. The lowest BCUT2D eigenvalue weighted by Crippen LogP contribution is -2.12. The van der Waals surface area contributed by atoms with Crippen LogP contribution in [0.15, 0.2) is 93.9 Å². The van der Waals surface area contributed by atoms with E-state index in [-0.39, 0.29) is 0 Å². The van der Waals surface area contributed by atoms with E-state index in [0.717, 1.165) is 35.1 Å². The van der Waals surface area contributed by atoms with Gasteiger partial charge >= 0.3 is 0 Å². The van der Waals surface area contributed by atoms with Crippen LogP contribution >= 0.6 is 15.9 Å². The van der Waals surface area contributed by atoms with Crippen molar-refractivity contribution in [1.82, 2.24) is 9.78 Å². The molecule has 0 spiro atoms. The molecule has 0 saturated carbocycles. The Morgan fingerprint density at radius 2 is 2.07 bits per heavy atom. The fourth-order valence-corrected chi connectivity index (χ4v) is 3.31. The highest BCUT2D eigenvalue weighted by molar-refractivity contribution is 9.11. The predicted octanol–water partition coefficient (Wildman–Crippen LogP) is 6.33. The maximum absolute atomic E-state index is 4.90. The highest BCUT2D eigenvalue weighted by atomic mass is 79.9. The van der Waals surface area contributed by atoms with Crippen molar-refractivity contribution in [3.63, 3.8) is 0 Å². The maximum Gasteiger partial charge on any atom is 0.0645 e. The first-order valence-electron chi connectivity index (χ1n) is 9.15. The van der Waals surface area contributed by atoms with Gasteiger partial charge in [0.05, 0.1) is 5.69 Å². The lowest BCUT2D eigenvalue weighted by molar-refractivity contribution is 0.879. The zero-order valence-corrected chi connectivity index (χ0v) is 17.4. The van der Waals surface area contributed by atoms with Gasteiger partial charge in [-0.2, -0.15) is 5.10 Å². The molecule has 4 heteroatoms. The number of halogens is 1. The second kappa shape index (κ2) is 8.96. The minimum Gasteiger partial charge on any atom is -0.257 e. The molecule has 2 heterocycles. The number of nitrogens with zero attached hydrogens (tertiary/aromatic N) is 3. The van der Waals surface area contributed by atoms with E-state index in [2.05, 4.69) is 71.8 Å². The van der Waals surface area contributed by atoms with Gasteiger partial charge in [-0.3, -0.25) is 4.99 Å². The van der Waals surface area contributed by atoms with Crippen molar-refractivity contribution in [2.75, 3.05) is 0 Å². The van der Waals surface area contributed by atoms with Crippen LogP contribution < -0.4 is 0 Å². The van der Waals surface area contributed by atoms with Crippen molar-refractivity contribution < 1.29 is 0 Å². The fraction of sp³-hybridized carbons (Fsp3) is 0.217. The van der Waals surface area contributed by atoms with Gasteiger partial charge in [0.25, 0.3) is 0 Å². The number of benzene rings is 1. The van der Waals surface area contributed by atoms with Gasteiger partial charge in [-0.1, -0.05) is 53.2 Å². The van der Waals surface area contributed by atoms with Gasteiger partial charge in [-0.05, 0) is 61.3 Å². The van der Waals surface area contributed by atoms with E-state index in [1.165, 1.54) is 22.4 Å². The third-order valence-electron chi connectivity index (χ3n) is 4.64. The van der Waals surface area contributed by atoms with Crippen LogP contribution in [-0.2, 0) is 6.42 Å². The van der Waals surface area contributed by atoms with Crippen molar-refractivity contribution in [3.8, 4) is 5.69 Å². The molecular weight excluding hydrogens is 398 g/mol. The second-order valence-electron chi connectivity index (χ2n) is 6.56. The van der Waals surface area contributed by atoms with E-state index in [1.807, 2.05) is 23.0 Å². The Balaban J connectivity index is 1.80. The van der Waals surface area contributed by atoms with Gasteiger partial charge in [-0.25, -0.2) is 4.68 Å². The monoisotopic (exact) mass is 421 g/mol. The summed E-state index contributed by atoms with van der Waals surface area (Å²) in [6, 6.07) is 10.5. The molecule has 0 aliphatic carbocycles. The predicted molar refractivity (Wildman–Crippen MR) is 118 cm³/mol. The quantitative estimate of drug-likeness (QED) is 0.500. The normalized spacial score (nSPS) is 16.6. The van der Waals surface area contributed by atoms with Gasteiger partial charge in [0, 0.05) is 34.7 Å². The summed E-state index contributed by atoms with van der Waals surface area (Å²) in [5.41, 5.74) is 7.42. The molecule has 0 N–H and O–H groups in total. The molecule has 0 atom stereocenters. The molecule has 0 unspecified atom stereocenters. The molecule has 1 aliphatic heterocycles. The van der Waals surface area contributed by atoms with Crippen LogP contribution in [0.2, 0.25) is 0 Å². The molecule has 2 aromatic rings. The Bertz CT molecular complexity index is 927. The fourth-order valence-electron chi connectivity index (χ4n) is 3.18. The van der Waals surface area contributed by atoms with Gasteiger partial charge in [0.2, 0.25) is 0 Å². The molecule has 3 rings (SSSR count). The Hall–Kier alpha value is -2.46. The van der Waals surface area contributed by atoms with Crippen LogP contribution in [-0.4, -0.2) is 15.5 Å². The van der Waals surface area contributed by atoms with Gasteiger partial charge in [0.15, 0.2) is 0 Å². The first-order valence-corrected chi connectivity index (χ1v) is 9.94. The van der Waals surface area contributed by atoms with Crippen LogP contribution in [0.5, 0.6) is 0 Å². The maximum atomic E-state index is 4.90. The number of hydrogen-bond acceptors (Lipinski definition) is 2. The second-order valence-corrected chi connectivity index (χ2v) is 7.47.